The van der Waals surface area contributed by atoms with Crippen LogP contribution in [0.3, 0.4) is 0 Å². The van der Waals surface area contributed by atoms with E-state index in [4.69, 9.17) is 5.73 Å². The molecule has 3 N–H and O–H groups in total. The molecule has 0 aliphatic rings. The topological polar surface area (TPSA) is 85.1 Å². The number of sulfonamides is 1. The van der Waals surface area contributed by atoms with Gasteiger partial charge in [-0.25, -0.2) is 18.1 Å². The number of benzene rings is 1. The lowest BCUT2D eigenvalue weighted by Crippen LogP contribution is -2.24. The zero-order valence-corrected chi connectivity index (χ0v) is 13.3. The Morgan fingerprint density at radius 2 is 2.21 bits per heavy atom. The largest absolute Gasteiger partial charge is 0.398 e. The molecule has 0 bridgehead atoms. The van der Waals surface area contributed by atoms with E-state index in [-0.39, 0.29) is 11.4 Å². The molecular weight excluding hydrogens is 350 g/mol. The van der Waals surface area contributed by atoms with Crippen LogP contribution in [-0.2, 0) is 16.6 Å². The summed E-state index contributed by atoms with van der Waals surface area (Å²) in [6, 6.07) is 3.13. The van der Waals surface area contributed by atoms with E-state index >= 15 is 0 Å². The number of halogens is 1. The van der Waals surface area contributed by atoms with E-state index in [0.29, 0.717) is 21.4 Å². The number of anilines is 1. The number of hydrogen-bond donors (Lipinski definition) is 2. The average Bonchev–Trinajstić information content (AvgIpc) is 2.84. The molecule has 1 aromatic heterocycles. The monoisotopic (exact) mass is 361 g/mol. The van der Waals surface area contributed by atoms with Gasteiger partial charge in [0.25, 0.3) is 0 Å². The maximum Gasteiger partial charge on any atom is 0.241 e. The zero-order chi connectivity index (χ0) is 14.0. The van der Waals surface area contributed by atoms with Crippen molar-refractivity contribution in [3.8, 4) is 0 Å². The second kappa shape index (κ2) is 5.58. The Bertz CT molecular complexity index is 684. The van der Waals surface area contributed by atoms with Gasteiger partial charge in [-0.2, -0.15) is 0 Å². The molecule has 8 heteroatoms. The Morgan fingerprint density at radius 3 is 2.84 bits per heavy atom. The first-order valence-corrected chi connectivity index (χ1v) is 8.54. The Morgan fingerprint density at radius 1 is 1.47 bits per heavy atom. The van der Waals surface area contributed by atoms with Crippen LogP contribution in [0.1, 0.15) is 11.3 Å². The lowest BCUT2D eigenvalue weighted by molar-refractivity contribution is 0.580. The summed E-state index contributed by atoms with van der Waals surface area (Å²) in [5, 5.41) is 1.80. The molecule has 19 heavy (non-hydrogen) atoms. The number of hydrogen-bond acceptors (Lipinski definition) is 5. The number of rotatable bonds is 4. The van der Waals surface area contributed by atoms with Gasteiger partial charge in [0, 0.05) is 15.5 Å². The first-order valence-electron chi connectivity index (χ1n) is 5.32. The van der Waals surface area contributed by atoms with E-state index in [1.165, 1.54) is 17.4 Å². The smallest absolute Gasteiger partial charge is 0.241 e. The van der Waals surface area contributed by atoms with E-state index in [1.54, 1.807) is 23.9 Å². The Balaban J connectivity index is 2.27. The predicted octanol–water partition coefficient (Wildman–Crippen LogP) is 2.27. The summed E-state index contributed by atoms with van der Waals surface area (Å²) in [6.07, 6.45) is 0. The molecule has 0 fully saturated rings. The molecule has 0 amide bonds. The van der Waals surface area contributed by atoms with Crippen LogP contribution in [0.25, 0.3) is 0 Å². The van der Waals surface area contributed by atoms with Crippen molar-refractivity contribution in [2.75, 3.05) is 5.73 Å². The summed E-state index contributed by atoms with van der Waals surface area (Å²) >= 11 is 4.69. The molecule has 0 atom stereocenters. The highest BCUT2D eigenvalue weighted by Gasteiger charge is 2.18. The van der Waals surface area contributed by atoms with Crippen molar-refractivity contribution >= 4 is 43.0 Å². The molecule has 1 heterocycles. The Kier molecular flexibility index (Phi) is 4.24. The number of aryl methyl sites for hydroxylation is 1. The zero-order valence-electron chi connectivity index (χ0n) is 10.1. The number of nitrogens with one attached hydrogen (secondary N) is 1. The van der Waals surface area contributed by atoms with Crippen molar-refractivity contribution in [3.63, 3.8) is 0 Å². The Hall–Kier alpha value is -0.960. The number of nitrogens with zero attached hydrogens (tertiary/aromatic N) is 1. The third-order valence-corrected chi connectivity index (χ3v) is 5.38. The van der Waals surface area contributed by atoms with Crippen molar-refractivity contribution in [1.82, 2.24) is 9.71 Å². The first-order chi connectivity index (χ1) is 8.90. The molecule has 0 aliphatic heterocycles. The molecule has 0 spiro atoms. The number of thiazole rings is 1. The maximum atomic E-state index is 12.2. The third kappa shape index (κ3) is 3.33. The van der Waals surface area contributed by atoms with Crippen molar-refractivity contribution in [2.45, 2.75) is 18.4 Å². The van der Waals surface area contributed by atoms with Crippen LogP contribution in [0.2, 0.25) is 0 Å². The molecule has 0 saturated heterocycles. The number of aromatic nitrogens is 1. The highest BCUT2D eigenvalue weighted by molar-refractivity contribution is 9.10. The summed E-state index contributed by atoms with van der Waals surface area (Å²) in [5.74, 6) is 0. The van der Waals surface area contributed by atoms with Gasteiger partial charge < -0.3 is 5.73 Å². The normalized spacial score (nSPS) is 11.7. The standard InChI is InChI=1S/C11H12BrN3O2S2/c1-7-2-9(12)10(13)3-11(7)19(16,17)15-4-8-5-18-6-14-8/h2-3,5-6,15H,4,13H2,1H3. The minimum atomic E-state index is -3.59. The lowest BCUT2D eigenvalue weighted by Gasteiger charge is -2.10. The van der Waals surface area contributed by atoms with Crippen molar-refractivity contribution in [2.24, 2.45) is 0 Å². The van der Waals surface area contributed by atoms with Crippen LogP contribution in [0, 0.1) is 6.92 Å². The third-order valence-electron chi connectivity index (χ3n) is 2.51. The van der Waals surface area contributed by atoms with E-state index < -0.39 is 10.0 Å². The van der Waals surface area contributed by atoms with Gasteiger partial charge in [0.2, 0.25) is 10.0 Å². The van der Waals surface area contributed by atoms with Gasteiger partial charge in [-0.3, -0.25) is 0 Å². The molecule has 1 aromatic carbocycles. The second-order valence-electron chi connectivity index (χ2n) is 3.94. The first kappa shape index (κ1) is 14.4. The van der Waals surface area contributed by atoms with Crippen molar-refractivity contribution in [1.29, 1.82) is 0 Å². The van der Waals surface area contributed by atoms with Crippen LogP contribution in [0.5, 0.6) is 0 Å². The highest BCUT2D eigenvalue weighted by atomic mass is 79.9. The predicted molar refractivity (Wildman–Crippen MR) is 79.4 cm³/mol. The van der Waals surface area contributed by atoms with Gasteiger partial charge in [-0.15, -0.1) is 11.3 Å². The van der Waals surface area contributed by atoms with E-state index in [1.807, 2.05) is 0 Å². The summed E-state index contributed by atoms with van der Waals surface area (Å²) in [4.78, 5) is 4.21. The summed E-state index contributed by atoms with van der Waals surface area (Å²) < 4.78 is 27.6. The summed E-state index contributed by atoms with van der Waals surface area (Å²) in [5.41, 5.74) is 9.10. The molecule has 2 aromatic rings. The van der Waals surface area contributed by atoms with Gasteiger partial charge >= 0.3 is 0 Å². The highest BCUT2D eigenvalue weighted by Crippen LogP contribution is 2.26. The molecular formula is C11H12BrN3O2S2. The van der Waals surface area contributed by atoms with E-state index in [2.05, 4.69) is 25.6 Å². The fourth-order valence-corrected chi connectivity index (χ4v) is 3.80. The molecule has 0 aliphatic carbocycles. The van der Waals surface area contributed by atoms with Gasteiger partial charge in [0.05, 0.1) is 22.6 Å². The van der Waals surface area contributed by atoms with Crippen molar-refractivity contribution < 1.29 is 8.42 Å². The van der Waals surface area contributed by atoms with Crippen molar-refractivity contribution in [3.05, 3.63) is 38.8 Å². The van der Waals surface area contributed by atoms with Crippen LogP contribution in [0.4, 0.5) is 5.69 Å². The van der Waals surface area contributed by atoms with Gasteiger partial charge in [-0.1, -0.05) is 0 Å². The molecule has 2 rings (SSSR count). The van der Waals surface area contributed by atoms with Crippen LogP contribution in [0.15, 0.2) is 32.4 Å². The fourth-order valence-electron chi connectivity index (χ4n) is 1.53. The van der Waals surface area contributed by atoms with Crippen LogP contribution >= 0.6 is 27.3 Å². The SMILES string of the molecule is Cc1cc(Br)c(N)cc1S(=O)(=O)NCc1cscn1. The maximum absolute atomic E-state index is 12.2. The quantitative estimate of drug-likeness (QED) is 0.818. The van der Waals surface area contributed by atoms with Crippen LogP contribution < -0.4 is 10.5 Å². The van der Waals surface area contributed by atoms with Crippen LogP contribution in [-0.4, -0.2) is 13.4 Å². The molecule has 5 nitrogen and oxygen atoms in total. The lowest BCUT2D eigenvalue weighted by atomic mass is 10.2. The van der Waals surface area contributed by atoms with Gasteiger partial charge in [0.1, 0.15) is 0 Å². The molecule has 102 valence electrons. The fraction of sp³-hybridized carbons (Fsp3) is 0.182. The summed E-state index contributed by atoms with van der Waals surface area (Å²) in [7, 11) is -3.59. The Labute approximate surface area is 124 Å². The van der Waals surface area contributed by atoms with E-state index in [9.17, 15) is 8.42 Å². The van der Waals surface area contributed by atoms with E-state index in [0.717, 1.165) is 0 Å². The average molecular weight is 362 g/mol. The van der Waals surface area contributed by atoms with Gasteiger partial charge in [0.15, 0.2) is 0 Å². The molecule has 0 unspecified atom stereocenters. The molecule has 0 saturated carbocycles. The number of nitrogens with two attached hydrogens (primary N) is 1. The summed E-state index contributed by atoms with van der Waals surface area (Å²) in [6.45, 7) is 1.89. The minimum absolute atomic E-state index is 0.168. The van der Waals surface area contributed by atoms with Gasteiger partial charge in [-0.05, 0) is 40.5 Å². The number of nitrogen functional groups attached to an aromatic ring is 1. The minimum Gasteiger partial charge on any atom is -0.398 e. The second-order valence-corrected chi connectivity index (χ2v) is 7.25. The molecule has 0 radical (unpaired) electrons.